The molecular weight excluding hydrogens is 270 g/mol. The molecule has 0 aliphatic carbocycles. The number of nitrogens with zero attached hydrogens (tertiary/aromatic N) is 4. The molecule has 0 saturated carbocycles. The van der Waals surface area contributed by atoms with Gasteiger partial charge in [-0.3, -0.25) is 4.57 Å². The van der Waals surface area contributed by atoms with E-state index in [-0.39, 0.29) is 5.69 Å². The summed E-state index contributed by atoms with van der Waals surface area (Å²) in [5.41, 5.74) is -0.0302. The van der Waals surface area contributed by atoms with Crippen LogP contribution in [0.15, 0.2) is 21.7 Å². The van der Waals surface area contributed by atoms with Gasteiger partial charge in [0.1, 0.15) is 0 Å². The first kappa shape index (κ1) is 14.1. The Morgan fingerprint density at radius 3 is 2.81 bits per heavy atom. The van der Waals surface area contributed by atoms with Gasteiger partial charge >= 0.3 is 5.69 Å². The first-order valence-electron chi connectivity index (χ1n) is 7.46. The predicted octanol–water partition coefficient (Wildman–Crippen LogP) is 0.823. The molecule has 0 aromatic carbocycles. The quantitative estimate of drug-likeness (QED) is 0.882. The number of aromatic nitrogens is 4. The lowest BCUT2D eigenvalue weighted by Gasteiger charge is -2.31. The van der Waals surface area contributed by atoms with Crippen LogP contribution >= 0.6 is 0 Å². The molecule has 0 bridgehead atoms. The number of H-pyrrole nitrogens is 1. The summed E-state index contributed by atoms with van der Waals surface area (Å²) in [5, 5.41) is 3.97. The molecule has 1 fully saturated rings. The minimum atomic E-state index is -0.0302. The Labute approximate surface area is 123 Å². The highest BCUT2D eigenvalue weighted by atomic mass is 16.5. The van der Waals surface area contributed by atoms with Crippen molar-refractivity contribution in [1.29, 1.82) is 0 Å². The Morgan fingerprint density at radius 2 is 2.19 bits per heavy atom. The molecule has 0 amide bonds. The van der Waals surface area contributed by atoms with E-state index in [1.54, 1.807) is 17.0 Å². The molecule has 2 aromatic rings. The van der Waals surface area contributed by atoms with Gasteiger partial charge in [-0.25, -0.2) is 4.79 Å². The van der Waals surface area contributed by atoms with Crippen molar-refractivity contribution in [3.63, 3.8) is 0 Å². The molecule has 114 valence electrons. The van der Waals surface area contributed by atoms with Gasteiger partial charge in [-0.15, -0.1) is 0 Å². The number of hydrogen-bond acceptors (Lipinski definition) is 5. The van der Waals surface area contributed by atoms with Crippen LogP contribution in [0.5, 0.6) is 0 Å². The minimum absolute atomic E-state index is 0.0302. The minimum Gasteiger partial charge on any atom is -0.340 e. The maximum absolute atomic E-state index is 11.4. The Balaban J connectivity index is 1.42. The third-order valence-electron chi connectivity index (χ3n) is 4.13. The fourth-order valence-corrected chi connectivity index (χ4v) is 2.87. The number of likely N-dealkylation sites (tertiary alicyclic amines) is 1. The highest BCUT2D eigenvalue weighted by Gasteiger charge is 2.21. The summed E-state index contributed by atoms with van der Waals surface area (Å²) in [7, 11) is 0. The standard InChI is InChI=1S/C14H21N5O2/c1-11-16-13(17-21-11)10-12-2-5-18(6-3-12)8-9-19-7-4-15-14(19)20/h4,7,12H,2-3,5-6,8-10H2,1H3,(H,15,20). The van der Waals surface area contributed by atoms with Crippen molar-refractivity contribution in [2.24, 2.45) is 5.92 Å². The van der Waals surface area contributed by atoms with E-state index >= 15 is 0 Å². The van der Waals surface area contributed by atoms with Gasteiger partial charge in [0.25, 0.3) is 0 Å². The lowest BCUT2D eigenvalue weighted by Crippen LogP contribution is -2.37. The molecule has 1 saturated heterocycles. The second-order valence-electron chi connectivity index (χ2n) is 5.68. The van der Waals surface area contributed by atoms with Crippen molar-refractivity contribution >= 4 is 0 Å². The summed E-state index contributed by atoms with van der Waals surface area (Å²) in [6.07, 6.45) is 6.68. The maximum Gasteiger partial charge on any atom is 0.325 e. The number of rotatable bonds is 5. The number of aryl methyl sites for hydroxylation is 1. The fraction of sp³-hybridized carbons (Fsp3) is 0.643. The largest absolute Gasteiger partial charge is 0.340 e. The molecule has 0 spiro atoms. The van der Waals surface area contributed by atoms with Crippen LogP contribution in [0.2, 0.25) is 0 Å². The molecule has 0 unspecified atom stereocenters. The molecule has 7 nitrogen and oxygen atoms in total. The first-order chi connectivity index (χ1) is 10.2. The zero-order chi connectivity index (χ0) is 14.7. The van der Waals surface area contributed by atoms with Crippen LogP contribution in [0.1, 0.15) is 24.6 Å². The van der Waals surface area contributed by atoms with Crippen molar-refractivity contribution in [2.45, 2.75) is 32.7 Å². The van der Waals surface area contributed by atoms with Crippen LogP contribution in [0, 0.1) is 12.8 Å². The molecule has 1 aliphatic heterocycles. The van der Waals surface area contributed by atoms with Gasteiger partial charge in [0.05, 0.1) is 0 Å². The van der Waals surface area contributed by atoms with Gasteiger partial charge < -0.3 is 14.4 Å². The van der Waals surface area contributed by atoms with Crippen molar-refractivity contribution < 1.29 is 4.52 Å². The van der Waals surface area contributed by atoms with E-state index in [2.05, 4.69) is 20.0 Å². The Kier molecular flexibility index (Phi) is 4.19. The van der Waals surface area contributed by atoms with E-state index in [1.807, 2.05) is 6.92 Å². The van der Waals surface area contributed by atoms with Crippen LogP contribution in [0.4, 0.5) is 0 Å². The highest BCUT2D eigenvalue weighted by Crippen LogP contribution is 2.20. The lowest BCUT2D eigenvalue weighted by molar-refractivity contribution is 0.176. The number of nitrogens with one attached hydrogen (secondary N) is 1. The maximum atomic E-state index is 11.4. The monoisotopic (exact) mass is 291 g/mol. The van der Waals surface area contributed by atoms with Crippen LogP contribution in [0.3, 0.4) is 0 Å². The summed E-state index contributed by atoms with van der Waals surface area (Å²) in [4.78, 5) is 20.8. The van der Waals surface area contributed by atoms with Gasteiger partial charge in [0.15, 0.2) is 5.82 Å². The molecular formula is C14H21N5O2. The molecule has 1 N–H and O–H groups in total. The third kappa shape index (κ3) is 3.60. The Hall–Kier alpha value is -1.89. The summed E-state index contributed by atoms with van der Waals surface area (Å²) in [6.45, 7) is 5.63. The summed E-state index contributed by atoms with van der Waals surface area (Å²) < 4.78 is 6.73. The van der Waals surface area contributed by atoms with Crippen LogP contribution in [0.25, 0.3) is 0 Å². The van der Waals surface area contributed by atoms with Crippen LogP contribution < -0.4 is 5.69 Å². The Bertz CT molecular complexity index is 621. The van der Waals surface area contributed by atoms with Crippen LogP contribution in [-0.4, -0.2) is 44.2 Å². The second-order valence-corrected chi connectivity index (χ2v) is 5.68. The molecule has 1 aliphatic rings. The third-order valence-corrected chi connectivity index (χ3v) is 4.13. The van der Waals surface area contributed by atoms with Gasteiger partial charge in [-0.2, -0.15) is 4.98 Å². The predicted molar refractivity (Wildman–Crippen MR) is 77.0 cm³/mol. The average Bonchev–Trinajstić information content (AvgIpc) is 3.07. The molecule has 2 aromatic heterocycles. The topological polar surface area (TPSA) is 80.0 Å². The van der Waals surface area contributed by atoms with Crippen molar-refractivity contribution in [3.8, 4) is 0 Å². The van der Waals surface area contributed by atoms with E-state index in [0.717, 1.165) is 51.3 Å². The molecule has 3 heterocycles. The van der Waals surface area contributed by atoms with E-state index in [1.165, 1.54) is 0 Å². The molecule has 0 atom stereocenters. The average molecular weight is 291 g/mol. The SMILES string of the molecule is Cc1nc(CC2CCN(CCn3cc[nH]c3=O)CC2)no1. The van der Waals surface area contributed by atoms with Gasteiger partial charge in [-0.1, -0.05) is 5.16 Å². The van der Waals surface area contributed by atoms with Crippen molar-refractivity contribution in [2.75, 3.05) is 19.6 Å². The first-order valence-corrected chi connectivity index (χ1v) is 7.46. The van der Waals surface area contributed by atoms with Crippen molar-refractivity contribution in [3.05, 3.63) is 34.6 Å². The van der Waals surface area contributed by atoms with Crippen molar-refractivity contribution in [1.82, 2.24) is 24.6 Å². The normalized spacial score (nSPS) is 17.4. The Morgan fingerprint density at radius 1 is 1.38 bits per heavy atom. The highest BCUT2D eigenvalue weighted by molar-refractivity contribution is 4.88. The zero-order valence-electron chi connectivity index (χ0n) is 12.3. The molecule has 3 rings (SSSR count). The molecule has 0 radical (unpaired) electrons. The smallest absolute Gasteiger partial charge is 0.325 e. The number of hydrogen-bond donors (Lipinski definition) is 1. The van der Waals surface area contributed by atoms with Gasteiger partial charge in [0.2, 0.25) is 5.89 Å². The van der Waals surface area contributed by atoms with Gasteiger partial charge in [0, 0.05) is 38.8 Å². The van der Waals surface area contributed by atoms with E-state index in [9.17, 15) is 4.79 Å². The molecule has 7 heteroatoms. The summed E-state index contributed by atoms with van der Waals surface area (Å²) >= 11 is 0. The summed E-state index contributed by atoms with van der Waals surface area (Å²) in [5.74, 6) is 2.09. The number of imidazole rings is 1. The van der Waals surface area contributed by atoms with Crippen LogP contribution in [-0.2, 0) is 13.0 Å². The number of piperidine rings is 1. The fourth-order valence-electron chi connectivity index (χ4n) is 2.87. The van der Waals surface area contributed by atoms with Gasteiger partial charge in [-0.05, 0) is 31.8 Å². The second kappa shape index (κ2) is 6.26. The van der Waals surface area contributed by atoms with E-state index in [4.69, 9.17) is 4.52 Å². The van der Waals surface area contributed by atoms with E-state index in [0.29, 0.717) is 11.8 Å². The summed E-state index contributed by atoms with van der Waals surface area (Å²) in [6, 6.07) is 0. The molecule has 21 heavy (non-hydrogen) atoms. The number of aromatic amines is 1. The van der Waals surface area contributed by atoms with E-state index < -0.39 is 0 Å². The lowest BCUT2D eigenvalue weighted by atomic mass is 9.93. The zero-order valence-corrected chi connectivity index (χ0v) is 12.3.